The highest BCUT2D eigenvalue weighted by atomic mass is 16.3. The Hall–Kier alpha value is -0.120. The number of rotatable bonds is 11. The van der Waals surface area contributed by atoms with Crippen LogP contribution in [0.25, 0.3) is 0 Å². The van der Waals surface area contributed by atoms with Gasteiger partial charge in [-0.2, -0.15) is 0 Å². The second kappa shape index (κ2) is 11.0. The van der Waals surface area contributed by atoms with Crippen LogP contribution in [0, 0.1) is 0 Å². The van der Waals surface area contributed by atoms with Crippen molar-refractivity contribution < 1.29 is 5.11 Å². The summed E-state index contributed by atoms with van der Waals surface area (Å²) in [6.45, 7) is 15.2. The average molecular weight is 244 g/mol. The maximum absolute atomic E-state index is 9.80. The lowest BCUT2D eigenvalue weighted by Gasteiger charge is -2.25. The average Bonchev–Trinajstić information content (AvgIpc) is 2.33. The van der Waals surface area contributed by atoms with Gasteiger partial charge in [0.2, 0.25) is 0 Å². The Bertz CT molecular complexity index is 160. The quantitative estimate of drug-likeness (QED) is 0.603. The lowest BCUT2D eigenvalue weighted by atomic mass is 10.2. The van der Waals surface area contributed by atoms with Crippen LogP contribution >= 0.6 is 0 Å². The summed E-state index contributed by atoms with van der Waals surface area (Å²) < 4.78 is 0. The highest BCUT2D eigenvalue weighted by molar-refractivity contribution is 4.64. The first-order valence-corrected chi connectivity index (χ1v) is 7.30. The Balaban J connectivity index is 3.73. The standard InChI is InChI=1S/C14H32N2O/c1-5-10-14(17)13-16(8-4)12-9-11-15(6-2)7-3/h14,17H,5-13H2,1-4H3. The van der Waals surface area contributed by atoms with Gasteiger partial charge in [0.15, 0.2) is 0 Å². The molecule has 0 bridgehead atoms. The molecule has 1 atom stereocenters. The maximum atomic E-state index is 9.80. The van der Waals surface area contributed by atoms with E-state index in [9.17, 15) is 5.11 Å². The Kier molecular flexibility index (Phi) is 10.9. The van der Waals surface area contributed by atoms with Gasteiger partial charge in [0.25, 0.3) is 0 Å². The lowest BCUT2D eigenvalue weighted by Crippen LogP contribution is -2.35. The first-order chi connectivity index (χ1) is 8.17. The Morgan fingerprint density at radius 1 is 0.882 bits per heavy atom. The molecule has 0 aromatic rings. The third-order valence-corrected chi connectivity index (χ3v) is 3.38. The van der Waals surface area contributed by atoms with Gasteiger partial charge in [-0.3, -0.25) is 0 Å². The van der Waals surface area contributed by atoms with Crippen LogP contribution in [0.5, 0.6) is 0 Å². The van der Waals surface area contributed by atoms with Gasteiger partial charge in [-0.15, -0.1) is 0 Å². The molecular weight excluding hydrogens is 212 g/mol. The fraction of sp³-hybridized carbons (Fsp3) is 1.00. The summed E-state index contributed by atoms with van der Waals surface area (Å²) in [6, 6.07) is 0. The summed E-state index contributed by atoms with van der Waals surface area (Å²) in [5, 5.41) is 9.80. The topological polar surface area (TPSA) is 26.7 Å². The molecule has 0 aliphatic carbocycles. The van der Waals surface area contributed by atoms with E-state index in [0.29, 0.717) is 0 Å². The van der Waals surface area contributed by atoms with E-state index >= 15 is 0 Å². The zero-order chi connectivity index (χ0) is 13.1. The first kappa shape index (κ1) is 16.9. The molecule has 3 nitrogen and oxygen atoms in total. The Morgan fingerprint density at radius 3 is 1.88 bits per heavy atom. The van der Waals surface area contributed by atoms with Crippen LogP contribution in [0.2, 0.25) is 0 Å². The van der Waals surface area contributed by atoms with Crippen molar-refractivity contribution in [2.75, 3.05) is 39.3 Å². The molecule has 0 saturated carbocycles. The van der Waals surface area contributed by atoms with Crippen LogP contribution in [0.15, 0.2) is 0 Å². The molecule has 0 heterocycles. The minimum Gasteiger partial charge on any atom is -0.392 e. The Morgan fingerprint density at radius 2 is 1.41 bits per heavy atom. The van der Waals surface area contributed by atoms with E-state index < -0.39 is 0 Å². The molecule has 0 aliphatic heterocycles. The third kappa shape index (κ3) is 8.58. The molecule has 0 aromatic carbocycles. The van der Waals surface area contributed by atoms with Gasteiger partial charge in [-0.05, 0) is 45.6 Å². The molecular formula is C14H32N2O. The molecule has 0 aromatic heterocycles. The molecule has 1 unspecified atom stereocenters. The minimum absolute atomic E-state index is 0.145. The second-order valence-corrected chi connectivity index (χ2v) is 4.72. The van der Waals surface area contributed by atoms with Crippen LogP contribution in [-0.4, -0.2) is 60.3 Å². The number of hydrogen-bond donors (Lipinski definition) is 1. The van der Waals surface area contributed by atoms with E-state index in [-0.39, 0.29) is 6.10 Å². The normalized spacial score (nSPS) is 13.6. The smallest absolute Gasteiger partial charge is 0.0667 e. The van der Waals surface area contributed by atoms with Gasteiger partial charge in [0.05, 0.1) is 6.10 Å². The summed E-state index contributed by atoms with van der Waals surface area (Å²) >= 11 is 0. The van der Waals surface area contributed by atoms with Crippen molar-refractivity contribution in [3.05, 3.63) is 0 Å². The first-order valence-electron chi connectivity index (χ1n) is 7.30. The number of hydrogen-bond acceptors (Lipinski definition) is 3. The van der Waals surface area contributed by atoms with Crippen LogP contribution < -0.4 is 0 Å². The summed E-state index contributed by atoms with van der Waals surface area (Å²) in [7, 11) is 0. The van der Waals surface area contributed by atoms with Gasteiger partial charge < -0.3 is 14.9 Å². The van der Waals surface area contributed by atoms with Crippen LogP contribution in [0.3, 0.4) is 0 Å². The van der Waals surface area contributed by atoms with Crippen molar-refractivity contribution in [3.63, 3.8) is 0 Å². The SMILES string of the molecule is CCCC(O)CN(CC)CCCN(CC)CC. The van der Waals surface area contributed by atoms with Gasteiger partial charge >= 0.3 is 0 Å². The van der Waals surface area contributed by atoms with Crippen LogP contribution in [0.1, 0.15) is 47.0 Å². The van der Waals surface area contributed by atoms with Crippen molar-refractivity contribution in [3.8, 4) is 0 Å². The summed E-state index contributed by atoms with van der Waals surface area (Å²) in [5.74, 6) is 0. The molecule has 0 spiro atoms. The summed E-state index contributed by atoms with van der Waals surface area (Å²) in [6.07, 6.45) is 3.05. The molecule has 0 fully saturated rings. The molecule has 17 heavy (non-hydrogen) atoms. The predicted octanol–water partition coefficient (Wildman–Crippen LogP) is 2.20. The highest BCUT2D eigenvalue weighted by Crippen LogP contribution is 2.01. The minimum atomic E-state index is -0.145. The number of nitrogens with zero attached hydrogens (tertiary/aromatic N) is 2. The molecule has 0 amide bonds. The molecule has 104 valence electrons. The lowest BCUT2D eigenvalue weighted by molar-refractivity contribution is 0.104. The zero-order valence-corrected chi connectivity index (χ0v) is 12.3. The van der Waals surface area contributed by atoms with Gasteiger partial charge in [-0.1, -0.05) is 34.1 Å². The van der Waals surface area contributed by atoms with E-state index in [1.807, 2.05) is 0 Å². The van der Waals surface area contributed by atoms with E-state index in [0.717, 1.165) is 45.6 Å². The predicted molar refractivity (Wildman–Crippen MR) is 75.4 cm³/mol. The maximum Gasteiger partial charge on any atom is 0.0667 e. The van der Waals surface area contributed by atoms with Gasteiger partial charge in [0.1, 0.15) is 0 Å². The highest BCUT2D eigenvalue weighted by Gasteiger charge is 2.09. The van der Waals surface area contributed by atoms with Crippen molar-refractivity contribution in [1.29, 1.82) is 0 Å². The fourth-order valence-electron chi connectivity index (χ4n) is 2.16. The van der Waals surface area contributed by atoms with Crippen LogP contribution in [0.4, 0.5) is 0 Å². The molecule has 0 radical (unpaired) electrons. The van der Waals surface area contributed by atoms with E-state index in [1.54, 1.807) is 0 Å². The molecule has 3 heteroatoms. The Labute approximate surface area is 108 Å². The monoisotopic (exact) mass is 244 g/mol. The van der Waals surface area contributed by atoms with E-state index in [1.165, 1.54) is 13.0 Å². The second-order valence-electron chi connectivity index (χ2n) is 4.72. The molecule has 1 N–H and O–H groups in total. The van der Waals surface area contributed by atoms with Gasteiger partial charge in [0, 0.05) is 6.54 Å². The van der Waals surface area contributed by atoms with Crippen molar-refractivity contribution in [1.82, 2.24) is 9.80 Å². The van der Waals surface area contributed by atoms with Crippen molar-refractivity contribution in [2.45, 2.75) is 53.1 Å². The third-order valence-electron chi connectivity index (χ3n) is 3.38. The van der Waals surface area contributed by atoms with E-state index in [2.05, 4.69) is 37.5 Å². The molecule has 0 saturated heterocycles. The van der Waals surface area contributed by atoms with Crippen molar-refractivity contribution in [2.24, 2.45) is 0 Å². The number of aliphatic hydroxyl groups is 1. The number of aliphatic hydroxyl groups excluding tert-OH is 1. The fourth-order valence-corrected chi connectivity index (χ4v) is 2.16. The summed E-state index contributed by atoms with van der Waals surface area (Å²) in [4.78, 5) is 4.82. The largest absolute Gasteiger partial charge is 0.392 e. The van der Waals surface area contributed by atoms with Crippen LogP contribution in [-0.2, 0) is 0 Å². The number of likely N-dealkylation sites (N-methyl/N-ethyl adjacent to an activating group) is 1. The molecule has 0 rings (SSSR count). The summed E-state index contributed by atoms with van der Waals surface area (Å²) in [5.41, 5.74) is 0. The zero-order valence-electron chi connectivity index (χ0n) is 12.3. The van der Waals surface area contributed by atoms with Gasteiger partial charge in [-0.25, -0.2) is 0 Å². The molecule has 0 aliphatic rings. The van der Waals surface area contributed by atoms with E-state index in [4.69, 9.17) is 0 Å². The van der Waals surface area contributed by atoms with Crippen molar-refractivity contribution >= 4 is 0 Å².